The Morgan fingerprint density at radius 1 is 1.39 bits per heavy atom. The molecule has 0 spiro atoms. The van der Waals surface area contributed by atoms with Crippen LogP contribution < -0.4 is 10.6 Å². The third kappa shape index (κ3) is 6.20. The lowest BCUT2D eigenvalue weighted by Gasteiger charge is -2.35. The Hall–Kier alpha value is -0.820. The molecule has 0 aromatic carbocycles. The van der Waals surface area contributed by atoms with Gasteiger partial charge in [0.15, 0.2) is 0 Å². The van der Waals surface area contributed by atoms with Gasteiger partial charge >= 0.3 is 6.18 Å². The smallest absolute Gasteiger partial charge is 0.372 e. The first-order chi connectivity index (χ1) is 8.31. The molecule has 18 heavy (non-hydrogen) atoms. The molecule has 0 atom stereocenters. The van der Waals surface area contributed by atoms with Gasteiger partial charge in [0.1, 0.15) is 6.61 Å². The summed E-state index contributed by atoms with van der Waals surface area (Å²) in [6.07, 6.45) is -2.74. The fourth-order valence-corrected chi connectivity index (χ4v) is 1.86. The number of piperidine rings is 1. The Balaban J connectivity index is 2.17. The molecule has 0 aromatic heterocycles. The van der Waals surface area contributed by atoms with E-state index < -0.39 is 12.8 Å². The maximum absolute atomic E-state index is 11.8. The minimum Gasteiger partial charge on any atom is -0.372 e. The molecule has 1 rings (SSSR count). The SMILES string of the molecule is CC1(NC(=O)CCOCC(F)(F)F)CCNCC1. The van der Waals surface area contributed by atoms with Crippen molar-refractivity contribution in [2.24, 2.45) is 0 Å². The van der Waals surface area contributed by atoms with Crippen molar-refractivity contribution >= 4 is 5.91 Å². The molecule has 1 saturated heterocycles. The molecular formula is C11H19F3N2O2. The average Bonchev–Trinajstić information content (AvgIpc) is 2.23. The predicted molar refractivity (Wildman–Crippen MR) is 60.1 cm³/mol. The van der Waals surface area contributed by atoms with Crippen molar-refractivity contribution in [3.05, 3.63) is 0 Å². The first kappa shape index (κ1) is 15.2. The molecule has 0 aromatic rings. The van der Waals surface area contributed by atoms with Crippen LogP contribution in [0.5, 0.6) is 0 Å². The van der Waals surface area contributed by atoms with Gasteiger partial charge in [-0.3, -0.25) is 4.79 Å². The van der Waals surface area contributed by atoms with Crippen LogP contribution >= 0.6 is 0 Å². The monoisotopic (exact) mass is 268 g/mol. The van der Waals surface area contributed by atoms with E-state index in [0.717, 1.165) is 25.9 Å². The van der Waals surface area contributed by atoms with Gasteiger partial charge in [0, 0.05) is 12.0 Å². The van der Waals surface area contributed by atoms with Gasteiger partial charge in [-0.15, -0.1) is 0 Å². The molecule has 0 unspecified atom stereocenters. The number of alkyl halides is 3. The van der Waals surface area contributed by atoms with Gasteiger partial charge in [0.25, 0.3) is 0 Å². The second-order valence-electron chi connectivity index (χ2n) is 4.78. The molecule has 2 N–H and O–H groups in total. The highest BCUT2D eigenvalue weighted by Gasteiger charge is 2.29. The van der Waals surface area contributed by atoms with E-state index in [1.807, 2.05) is 6.92 Å². The molecule has 1 aliphatic rings. The summed E-state index contributed by atoms with van der Waals surface area (Å²) in [5.41, 5.74) is -0.258. The average molecular weight is 268 g/mol. The lowest BCUT2D eigenvalue weighted by atomic mass is 9.90. The number of hydrogen-bond donors (Lipinski definition) is 2. The summed E-state index contributed by atoms with van der Waals surface area (Å²) >= 11 is 0. The van der Waals surface area contributed by atoms with E-state index in [0.29, 0.717) is 0 Å². The first-order valence-corrected chi connectivity index (χ1v) is 5.97. The maximum atomic E-state index is 11.8. The number of hydrogen-bond acceptors (Lipinski definition) is 3. The van der Waals surface area contributed by atoms with E-state index in [2.05, 4.69) is 15.4 Å². The third-order valence-electron chi connectivity index (χ3n) is 2.89. The predicted octanol–water partition coefficient (Wildman–Crippen LogP) is 1.21. The summed E-state index contributed by atoms with van der Waals surface area (Å²) in [5.74, 6) is -0.262. The Labute approximate surface area is 104 Å². The van der Waals surface area contributed by atoms with E-state index in [-0.39, 0.29) is 24.5 Å². The molecule has 4 nitrogen and oxygen atoms in total. The van der Waals surface area contributed by atoms with Crippen molar-refractivity contribution in [1.29, 1.82) is 0 Å². The van der Waals surface area contributed by atoms with Gasteiger partial charge in [-0.05, 0) is 32.9 Å². The van der Waals surface area contributed by atoms with Crippen LogP contribution in [0.15, 0.2) is 0 Å². The fourth-order valence-electron chi connectivity index (χ4n) is 1.86. The van der Waals surface area contributed by atoms with E-state index in [1.165, 1.54) is 0 Å². The fraction of sp³-hybridized carbons (Fsp3) is 0.909. The van der Waals surface area contributed by atoms with Gasteiger partial charge < -0.3 is 15.4 Å². The Bertz CT molecular complexity index is 276. The van der Waals surface area contributed by atoms with Crippen LogP contribution in [0.4, 0.5) is 13.2 Å². The number of rotatable bonds is 5. The van der Waals surface area contributed by atoms with Crippen LogP contribution in [0.2, 0.25) is 0 Å². The van der Waals surface area contributed by atoms with Crippen LogP contribution in [-0.2, 0) is 9.53 Å². The summed E-state index contributed by atoms with van der Waals surface area (Å²) in [6.45, 7) is 2.10. The molecule has 1 aliphatic heterocycles. The molecule has 106 valence electrons. The molecule has 1 fully saturated rings. The van der Waals surface area contributed by atoms with Crippen molar-refractivity contribution in [2.75, 3.05) is 26.3 Å². The number of amides is 1. The normalized spacial score (nSPS) is 19.6. The molecule has 0 aliphatic carbocycles. The summed E-state index contributed by atoms with van der Waals surface area (Å²) in [6, 6.07) is 0. The summed E-state index contributed by atoms with van der Waals surface area (Å²) < 4.78 is 39.7. The van der Waals surface area contributed by atoms with Crippen molar-refractivity contribution in [3.8, 4) is 0 Å². The van der Waals surface area contributed by atoms with Gasteiger partial charge in [0.2, 0.25) is 5.91 Å². The highest BCUT2D eigenvalue weighted by atomic mass is 19.4. The second-order valence-corrected chi connectivity index (χ2v) is 4.78. The lowest BCUT2D eigenvalue weighted by Crippen LogP contribution is -2.52. The number of carbonyl (C=O) groups excluding carboxylic acids is 1. The van der Waals surface area contributed by atoms with E-state index in [1.54, 1.807) is 0 Å². The zero-order valence-corrected chi connectivity index (χ0v) is 10.4. The van der Waals surface area contributed by atoms with Gasteiger partial charge in [-0.2, -0.15) is 13.2 Å². The maximum Gasteiger partial charge on any atom is 0.411 e. The number of halogens is 3. The molecular weight excluding hydrogens is 249 g/mol. The largest absolute Gasteiger partial charge is 0.411 e. The summed E-state index contributed by atoms with van der Waals surface area (Å²) in [7, 11) is 0. The highest BCUT2D eigenvalue weighted by Crippen LogP contribution is 2.17. The minimum atomic E-state index is -4.34. The van der Waals surface area contributed by atoms with Crippen LogP contribution in [0.1, 0.15) is 26.2 Å². The first-order valence-electron chi connectivity index (χ1n) is 5.97. The highest BCUT2D eigenvalue weighted by molar-refractivity contribution is 5.76. The van der Waals surface area contributed by atoms with Crippen LogP contribution in [0.3, 0.4) is 0 Å². The quantitative estimate of drug-likeness (QED) is 0.737. The topological polar surface area (TPSA) is 50.4 Å². The van der Waals surface area contributed by atoms with Gasteiger partial charge in [0.05, 0.1) is 6.61 Å². The molecule has 1 amide bonds. The van der Waals surface area contributed by atoms with E-state index in [4.69, 9.17) is 0 Å². The van der Waals surface area contributed by atoms with Crippen molar-refractivity contribution in [3.63, 3.8) is 0 Å². The van der Waals surface area contributed by atoms with Gasteiger partial charge in [-0.25, -0.2) is 0 Å². The zero-order valence-electron chi connectivity index (χ0n) is 10.4. The summed E-state index contributed by atoms with van der Waals surface area (Å²) in [4.78, 5) is 11.5. The molecule has 7 heteroatoms. The van der Waals surface area contributed by atoms with Crippen LogP contribution in [0, 0.1) is 0 Å². The standard InChI is InChI=1S/C11H19F3N2O2/c1-10(3-5-15-6-4-10)16-9(17)2-7-18-8-11(12,13)14/h15H,2-8H2,1H3,(H,16,17). The molecule has 0 radical (unpaired) electrons. The zero-order chi connectivity index (χ0) is 13.6. The number of nitrogens with one attached hydrogen (secondary N) is 2. The minimum absolute atomic E-state index is 0.0426. The number of ether oxygens (including phenoxy) is 1. The van der Waals surface area contributed by atoms with Crippen LogP contribution in [0.25, 0.3) is 0 Å². The van der Waals surface area contributed by atoms with Gasteiger partial charge in [-0.1, -0.05) is 0 Å². The molecule has 1 heterocycles. The van der Waals surface area contributed by atoms with Crippen molar-refractivity contribution < 1.29 is 22.7 Å². The van der Waals surface area contributed by atoms with Crippen molar-refractivity contribution in [2.45, 2.75) is 37.9 Å². The third-order valence-corrected chi connectivity index (χ3v) is 2.89. The Morgan fingerprint density at radius 3 is 2.56 bits per heavy atom. The Kier molecular flexibility index (Phi) is 5.40. The summed E-state index contributed by atoms with van der Waals surface area (Å²) in [5, 5.41) is 6.03. The lowest BCUT2D eigenvalue weighted by molar-refractivity contribution is -0.174. The van der Waals surface area contributed by atoms with Crippen LogP contribution in [-0.4, -0.2) is 43.9 Å². The second kappa shape index (κ2) is 6.38. The van der Waals surface area contributed by atoms with E-state index in [9.17, 15) is 18.0 Å². The van der Waals surface area contributed by atoms with Crippen molar-refractivity contribution in [1.82, 2.24) is 10.6 Å². The molecule has 0 bridgehead atoms. The Morgan fingerprint density at radius 2 is 2.00 bits per heavy atom. The molecule has 0 saturated carbocycles. The number of carbonyl (C=O) groups is 1. The van der Waals surface area contributed by atoms with E-state index >= 15 is 0 Å².